The number of rotatable bonds is 7. The first-order chi connectivity index (χ1) is 6.62. The zero-order chi connectivity index (χ0) is 11.1. The normalized spacial score (nSPS) is 15.5. The van der Waals surface area contributed by atoms with Crippen LogP contribution in [0.3, 0.4) is 0 Å². The lowest BCUT2D eigenvalue weighted by Gasteiger charge is -2.21. The molecule has 0 spiro atoms. The van der Waals surface area contributed by atoms with E-state index in [2.05, 4.69) is 17.2 Å². The van der Waals surface area contributed by atoms with Crippen LogP contribution >= 0.6 is 47.5 Å². The first kappa shape index (κ1) is 14.5. The van der Waals surface area contributed by atoms with Gasteiger partial charge in [0, 0.05) is 0 Å². The van der Waals surface area contributed by atoms with Crippen molar-refractivity contribution in [2.75, 3.05) is 0 Å². The predicted octanol–water partition coefficient (Wildman–Crippen LogP) is 1.82. The minimum atomic E-state index is -1.66. The Morgan fingerprint density at radius 2 is 1.50 bits per heavy atom. The van der Waals surface area contributed by atoms with Crippen LogP contribution in [0.1, 0.15) is 0 Å². The molecular weight excluding hydrogens is 286 g/mol. The Kier molecular flexibility index (Phi) is 7.98. The minimum Gasteiger partial charge on any atom is -0.479 e. The van der Waals surface area contributed by atoms with Crippen molar-refractivity contribution in [1.29, 1.82) is 0 Å². The lowest BCUT2D eigenvalue weighted by atomic mass is 10.2. The lowest BCUT2D eigenvalue weighted by molar-refractivity contribution is -0.160. The van der Waals surface area contributed by atoms with Gasteiger partial charge in [0.05, 0.1) is 47.5 Å². The molecule has 0 aliphatic rings. The highest BCUT2D eigenvalue weighted by molar-refractivity contribution is 6.10. The maximum Gasteiger partial charge on any atom is 0.337 e. The molecule has 2 atom stereocenters. The summed E-state index contributed by atoms with van der Waals surface area (Å²) in [7, 11) is 0. The van der Waals surface area contributed by atoms with Crippen molar-refractivity contribution >= 4 is 53.4 Å². The van der Waals surface area contributed by atoms with E-state index < -0.39 is 24.5 Å². The van der Waals surface area contributed by atoms with Gasteiger partial charge < -0.3 is 5.11 Å². The third-order valence-electron chi connectivity index (χ3n) is 1.18. The van der Waals surface area contributed by atoms with Crippen LogP contribution in [0, 0.1) is 0 Å². The first-order valence-electron chi connectivity index (χ1n) is 2.94. The monoisotopic (exact) mass is 288 g/mol. The number of halogens is 4. The van der Waals surface area contributed by atoms with Crippen LogP contribution in [0.15, 0.2) is 0 Å². The summed E-state index contributed by atoms with van der Waals surface area (Å²) in [5, 5.41) is 8.57. The molecule has 10 heteroatoms. The fourth-order valence-corrected chi connectivity index (χ4v) is 1.24. The van der Waals surface area contributed by atoms with Crippen molar-refractivity contribution in [3.8, 4) is 0 Å². The number of aliphatic carboxylic acids is 1. The van der Waals surface area contributed by atoms with Crippen LogP contribution in [-0.4, -0.2) is 29.6 Å². The Morgan fingerprint density at radius 3 is 1.71 bits per heavy atom. The van der Waals surface area contributed by atoms with Gasteiger partial charge in [0.15, 0.2) is 6.10 Å². The molecule has 0 amide bonds. The molecule has 6 nitrogen and oxygen atoms in total. The summed E-state index contributed by atoms with van der Waals surface area (Å²) in [6.07, 6.45) is -4.56. The van der Waals surface area contributed by atoms with Gasteiger partial charge in [0.2, 0.25) is 12.4 Å². The maximum atomic E-state index is 10.5. The second-order valence-electron chi connectivity index (χ2n) is 1.95. The highest BCUT2D eigenvalue weighted by Crippen LogP contribution is 2.18. The van der Waals surface area contributed by atoms with Crippen LogP contribution in [0.4, 0.5) is 0 Å². The minimum absolute atomic E-state index is 1.44. The molecule has 0 fully saturated rings. The van der Waals surface area contributed by atoms with Gasteiger partial charge in [-0.3, -0.25) is 8.58 Å². The summed E-state index contributed by atoms with van der Waals surface area (Å²) in [6.45, 7) is 0. The fourth-order valence-electron chi connectivity index (χ4n) is 0.576. The van der Waals surface area contributed by atoms with Gasteiger partial charge in [-0.1, -0.05) is 0 Å². The summed E-state index contributed by atoms with van der Waals surface area (Å²) in [5.74, 6) is -1.46. The molecule has 0 saturated heterocycles. The van der Waals surface area contributed by atoms with Crippen LogP contribution in [0.25, 0.3) is 0 Å². The van der Waals surface area contributed by atoms with E-state index in [0.29, 0.717) is 0 Å². The quantitative estimate of drug-likeness (QED) is 0.721. The summed E-state index contributed by atoms with van der Waals surface area (Å²) in [5.41, 5.74) is 0. The molecular formula is C4H4Cl4O6. The number of hydrogen-bond donors (Lipinski definition) is 1. The maximum absolute atomic E-state index is 10.5. The molecule has 0 bridgehead atoms. The molecule has 14 heavy (non-hydrogen) atoms. The molecule has 0 radical (unpaired) electrons. The molecule has 0 aromatic heterocycles. The van der Waals surface area contributed by atoms with E-state index in [1.54, 1.807) is 0 Å². The van der Waals surface area contributed by atoms with E-state index in [4.69, 9.17) is 52.6 Å². The van der Waals surface area contributed by atoms with Gasteiger partial charge in [0.25, 0.3) is 0 Å². The molecule has 0 aliphatic heterocycles. The topological polar surface area (TPSA) is 74.2 Å². The Hall–Kier alpha value is 0.470. The smallest absolute Gasteiger partial charge is 0.337 e. The Labute approximate surface area is 99.1 Å². The first-order valence-corrected chi connectivity index (χ1v) is 4.18. The van der Waals surface area contributed by atoms with Crippen molar-refractivity contribution < 1.29 is 27.1 Å². The molecule has 0 aliphatic carbocycles. The van der Waals surface area contributed by atoms with E-state index in [0.717, 1.165) is 0 Å². The van der Waals surface area contributed by atoms with Crippen molar-refractivity contribution in [1.82, 2.24) is 0 Å². The highest BCUT2D eigenvalue weighted by Gasteiger charge is 2.39. The average Bonchev–Trinajstić information content (AvgIpc) is 2.17. The van der Waals surface area contributed by atoms with E-state index in [1.165, 1.54) is 0 Å². The van der Waals surface area contributed by atoms with Crippen molar-refractivity contribution in [2.45, 2.75) is 18.5 Å². The summed E-state index contributed by atoms with van der Waals surface area (Å²) in [6, 6.07) is 0. The molecule has 0 saturated carbocycles. The lowest BCUT2D eigenvalue weighted by Crippen LogP contribution is -2.43. The zero-order valence-electron chi connectivity index (χ0n) is 6.23. The Morgan fingerprint density at radius 1 is 1.00 bits per heavy atom. The summed E-state index contributed by atoms with van der Waals surface area (Å²) in [4.78, 5) is 10.5. The van der Waals surface area contributed by atoms with Crippen LogP contribution in [0.5, 0.6) is 0 Å². The number of carboxylic acid groups (broad SMARTS) is 1. The molecule has 0 aromatic rings. The van der Waals surface area contributed by atoms with E-state index in [1.807, 2.05) is 0 Å². The van der Waals surface area contributed by atoms with E-state index in [-0.39, 0.29) is 0 Å². The third-order valence-corrected chi connectivity index (χ3v) is 1.93. The fraction of sp³-hybridized carbons (Fsp3) is 0.750. The average molecular weight is 290 g/mol. The Bertz CT molecular complexity index is 175. The molecule has 0 aromatic carbocycles. The van der Waals surface area contributed by atoms with Gasteiger partial charge in [0.1, 0.15) is 0 Å². The highest BCUT2D eigenvalue weighted by atomic mass is 35.5. The summed E-state index contributed by atoms with van der Waals surface area (Å²) >= 11 is 19.6. The molecule has 2 unspecified atom stereocenters. The van der Waals surface area contributed by atoms with Gasteiger partial charge in [-0.25, -0.2) is 13.4 Å². The molecule has 0 rings (SSSR count). The number of carbonyl (C=O) groups is 1. The largest absolute Gasteiger partial charge is 0.479 e. The van der Waals surface area contributed by atoms with Crippen LogP contribution in [-0.2, 0) is 22.0 Å². The van der Waals surface area contributed by atoms with Gasteiger partial charge in [-0.15, -0.1) is 0 Å². The molecule has 84 valence electrons. The third kappa shape index (κ3) is 3.92. The van der Waals surface area contributed by atoms with Crippen molar-refractivity contribution in [2.24, 2.45) is 0 Å². The number of carboxylic acids is 1. The van der Waals surface area contributed by atoms with Crippen LogP contribution in [0.2, 0.25) is 0 Å². The summed E-state index contributed by atoms with van der Waals surface area (Å²) < 4.78 is 16.4. The molecule has 1 N–H and O–H groups in total. The van der Waals surface area contributed by atoms with E-state index in [9.17, 15) is 4.79 Å². The second-order valence-corrected chi connectivity index (χ2v) is 2.66. The van der Waals surface area contributed by atoms with Gasteiger partial charge >= 0.3 is 5.97 Å². The van der Waals surface area contributed by atoms with Crippen molar-refractivity contribution in [3.05, 3.63) is 0 Å². The van der Waals surface area contributed by atoms with Gasteiger partial charge in [-0.05, 0) is 0 Å². The van der Waals surface area contributed by atoms with Crippen molar-refractivity contribution in [3.63, 3.8) is 0 Å². The SMILES string of the molecule is O=C(O)C(OCl)C(OCl)C(OCl)OCl. The van der Waals surface area contributed by atoms with E-state index >= 15 is 0 Å². The zero-order valence-corrected chi connectivity index (χ0v) is 9.26. The predicted molar refractivity (Wildman–Crippen MR) is 46.8 cm³/mol. The number of hydrogen-bond acceptors (Lipinski definition) is 5. The van der Waals surface area contributed by atoms with Gasteiger partial charge in [-0.2, -0.15) is 0 Å². The van der Waals surface area contributed by atoms with Crippen LogP contribution < -0.4 is 0 Å². The second kappa shape index (κ2) is 7.72. The molecule has 0 heterocycles. The Balaban J connectivity index is 4.56. The standard InChI is InChI=1S/C4H4Cl4O6/c5-11-1(3(9)10)2(12-6)4(13-7)14-8/h1-2,4H,(H,9,10).